The van der Waals surface area contributed by atoms with E-state index >= 15 is 0 Å². The Kier molecular flexibility index (Phi) is 8.73. The molecule has 0 saturated carbocycles. The van der Waals surface area contributed by atoms with Crippen molar-refractivity contribution in [3.63, 3.8) is 0 Å². The maximum absolute atomic E-state index is 6.47. The second-order valence-electron chi connectivity index (χ2n) is 6.51. The summed E-state index contributed by atoms with van der Waals surface area (Å²) in [6.07, 6.45) is 1.67. The molecule has 3 aromatic rings. The summed E-state index contributed by atoms with van der Waals surface area (Å²) in [5.41, 5.74) is 5.63. The van der Waals surface area contributed by atoms with Gasteiger partial charge in [0, 0.05) is 20.6 Å². The van der Waals surface area contributed by atoms with Gasteiger partial charge >= 0.3 is 0 Å². The summed E-state index contributed by atoms with van der Waals surface area (Å²) in [7, 11) is 0. The van der Waals surface area contributed by atoms with Crippen molar-refractivity contribution in [1.82, 2.24) is 5.43 Å². The van der Waals surface area contributed by atoms with E-state index in [0.29, 0.717) is 44.7 Å². The van der Waals surface area contributed by atoms with Gasteiger partial charge in [0.2, 0.25) is 0 Å². The Morgan fingerprint density at radius 1 is 0.871 bits per heavy atom. The molecule has 31 heavy (non-hydrogen) atoms. The number of nitrogens with zero attached hydrogens (tertiary/aromatic N) is 1. The lowest BCUT2D eigenvalue weighted by atomic mass is 10.2. The monoisotopic (exact) mass is 496 g/mol. The zero-order chi connectivity index (χ0) is 22.2. The largest absolute Gasteiger partial charge is 0.490 e. The molecule has 1 N–H and O–H groups in total. The van der Waals surface area contributed by atoms with Crippen LogP contribution in [0.1, 0.15) is 23.6 Å². The van der Waals surface area contributed by atoms with E-state index in [2.05, 4.69) is 10.5 Å². The molecule has 8 heteroatoms. The number of hydrogen-bond donors (Lipinski definition) is 1. The van der Waals surface area contributed by atoms with E-state index in [1.165, 1.54) is 0 Å². The SMILES string of the molecule is CCOc1cc(/C=N\NCc2ccc(Cl)cc2)cc(Cl)c1OCc1ccc(Cl)cc1Cl. The highest BCUT2D eigenvalue weighted by Gasteiger charge is 2.13. The third kappa shape index (κ3) is 6.94. The van der Waals surface area contributed by atoms with E-state index in [-0.39, 0.29) is 6.61 Å². The second kappa shape index (κ2) is 11.5. The molecule has 0 aliphatic rings. The fourth-order valence-corrected chi connectivity index (χ4v) is 3.58. The molecule has 3 aromatic carbocycles. The number of hydrazone groups is 1. The van der Waals surface area contributed by atoms with Crippen LogP contribution in [0.25, 0.3) is 0 Å². The molecule has 0 fully saturated rings. The van der Waals surface area contributed by atoms with E-state index in [9.17, 15) is 0 Å². The van der Waals surface area contributed by atoms with Crippen LogP contribution >= 0.6 is 46.4 Å². The van der Waals surface area contributed by atoms with Gasteiger partial charge in [0.15, 0.2) is 11.5 Å². The summed E-state index contributed by atoms with van der Waals surface area (Å²) < 4.78 is 11.6. The van der Waals surface area contributed by atoms with Crippen molar-refractivity contribution in [1.29, 1.82) is 0 Å². The summed E-state index contributed by atoms with van der Waals surface area (Å²) in [5.74, 6) is 0.972. The molecule has 4 nitrogen and oxygen atoms in total. The van der Waals surface area contributed by atoms with Crippen LogP contribution in [0.4, 0.5) is 0 Å². The maximum Gasteiger partial charge on any atom is 0.180 e. The number of benzene rings is 3. The average Bonchev–Trinajstić information content (AvgIpc) is 2.73. The van der Waals surface area contributed by atoms with E-state index in [0.717, 1.165) is 16.7 Å². The molecule has 0 aliphatic carbocycles. The Balaban J connectivity index is 1.69. The Hall–Kier alpha value is -2.11. The van der Waals surface area contributed by atoms with Gasteiger partial charge in [0.25, 0.3) is 0 Å². The molecule has 0 aliphatic heterocycles. The molecule has 0 unspecified atom stereocenters. The number of nitrogens with one attached hydrogen (secondary N) is 1. The molecule has 0 heterocycles. The van der Waals surface area contributed by atoms with E-state index < -0.39 is 0 Å². The zero-order valence-electron chi connectivity index (χ0n) is 16.7. The molecule has 0 atom stereocenters. The van der Waals surface area contributed by atoms with Crippen LogP contribution in [0, 0.1) is 0 Å². The Morgan fingerprint density at radius 3 is 2.32 bits per heavy atom. The highest BCUT2D eigenvalue weighted by Crippen LogP contribution is 2.37. The molecule has 3 rings (SSSR count). The Bertz CT molecular complexity index is 1060. The van der Waals surface area contributed by atoms with Crippen molar-refractivity contribution in [2.24, 2.45) is 5.10 Å². The maximum atomic E-state index is 6.47. The van der Waals surface area contributed by atoms with Crippen molar-refractivity contribution < 1.29 is 9.47 Å². The van der Waals surface area contributed by atoms with Crippen LogP contribution in [-0.4, -0.2) is 12.8 Å². The highest BCUT2D eigenvalue weighted by atomic mass is 35.5. The lowest BCUT2D eigenvalue weighted by Gasteiger charge is -2.15. The lowest BCUT2D eigenvalue weighted by Crippen LogP contribution is -2.06. The van der Waals surface area contributed by atoms with Crippen LogP contribution in [-0.2, 0) is 13.2 Å². The van der Waals surface area contributed by atoms with Crippen LogP contribution in [0.15, 0.2) is 59.7 Å². The van der Waals surface area contributed by atoms with E-state index in [4.69, 9.17) is 55.9 Å². The van der Waals surface area contributed by atoms with Gasteiger partial charge in [-0.3, -0.25) is 0 Å². The number of rotatable bonds is 9. The molecule has 0 saturated heterocycles. The van der Waals surface area contributed by atoms with Crippen molar-refractivity contribution in [2.75, 3.05) is 6.61 Å². The van der Waals surface area contributed by atoms with Gasteiger partial charge in [-0.15, -0.1) is 0 Å². The van der Waals surface area contributed by atoms with Gasteiger partial charge in [-0.1, -0.05) is 64.6 Å². The first-order valence-electron chi connectivity index (χ1n) is 9.49. The van der Waals surface area contributed by atoms with Gasteiger partial charge in [-0.25, -0.2) is 0 Å². The lowest BCUT2D eigenvalue weighted by molar-refractivity contribution is 0.269. The van der Waals surface area contributed by atoms with Crippen molar-refractivity contribution in [3.05, 3.63) is 91.4 Å². The fourth-order valence-electron chi connectivity index (χ4n) is 2.71. The number of halogens is 4. The highest BCUT2D eigenvalue weighted by molar-refractivity contribution is 6.35. The van der Waals surface area contributed by atoms with Crippen molar-refractivity contribution in [2.45, 2.75) is 20.1 Å². The summed E-state index contributed by atoms with van der Waals surface area (Å²) in [5, 5.41) is 6.45. The minimum absolute atomic E-state index is 0.228. The van der Waals surface area contributed by atoms with Gasteiger partial charge in [-0.05, 0) is 54.4 Å². The Labute approximate surface area is 201 Å². The summed E-state index contributed by atoms with van der Waals surface area (Å²) in [6.45, 7) is 3.15. The van der Waals surface area contributed by atoms with Crippen molar-refractivity contribution >= 4 is 52.6 Å². The van der Waals surface area contributed by atoms with Crippen LogP contribution in [0.3, 0.4) is 0 Å². The van der Waals surface area contributed by atoms with Gasteiger partial charge in [0.1, 0.15) is 6.61 Å². The van der Waals surface area contributed by atoms with Crippen molar-refractivity contribution in [3.8, 4) is 11.5 Å². The molecular weight excluding hydrogens is 478 g/mol. The van der Waals surface area contributed by atoms with Crippen LogP contribution in [0.5, 0.6) is 11.5 Å². The quantitative estimate of drug-likeness (QED) is 0.247. The molecule has 0 amide bonds. The third-order valence-corrected chi connectivity index (χ3v) is 5.34. The summed E-state index contributed by atoms with van der Waals surface area (Å²) in [4.78, 5) is 0. The second-order valence-corrected chi connectivity index (χ2v) is 8.19. The first-order chi connectivity index (χ1) is 15.0. The Morgan fingerprint density at radius 2 is 1.61 bits per heavy atom. The molecule has 0 aromatic heterocycles. The minimum atomic E-state index is 0.228. The predicted molar refractivity (Wildman–Crippen MR) is 129 cm³/mol. The average molecular weight is 498 g/mol. The summed E-state index contributed by atoms with van der Waals surface area (Å²) in [6, 6.07) is 16.4. The van der Waals surface area contributed by atoms with Gasteiger partial charge < -0.3 is 14.9 Å². The number of ether oxygens (including phenoxy) is 2. The minimum Gasteiger partial charge on any atom is -0.490 e. The molecule has 0 radical (unpaired) electrons. The zero-order valence-corrected chi connectivity index (χ0v) is 19.7. The molecule has 0 bridgehead atoms. The first kappa shape index (κ1) is 23.6. The number of hydrogen-bond acceptors (Lipinski definition) is 4. The third-order valence-electron chi connectivity index (χ3n) is 4.22. The van der Waals surface area contributed by atoms with Crippen LogP contribution in [0.2, 0.25) is 20.1 Å². The van der Waals surface area contributed by atoms with Gasteiger partial charge in [0.05, 0.1) is 24.4 Å². The molecule has 162 valence electrons. The van der Waals surface area contributed by atoms with Gasteiger partial charge in [-0.2, -0.15) is 5.10 Å². The van der Waals surface area contributed by atoms with E-state index in [1.54, 1.807) is 24.4 Å². The smallest absolute Gasteiger partial charge is 0.180 e. The standard InChI is InChI=1S/C23H20Cl4N2O2/c1-2-30-22-10-16(13-29-28-12-15-3-6-18(24)7-4-15)9-21(27)23(22)31-14-17-5-8-19(25)11-20(17)26/h3-11,13,28H,2,12,14H2,1H3/b29-13-. The molecular formula is C23H20Cl4N2O2. The first-order valence-corrected chi connectivity index (χ1v) is 11.0. The normalized spacial score (nSPS) is 11.0. The van der Waals surface area contributed by atoms with E-state index in [1.807, 2.05) is 43.3 Å². The summed E-state index contributed by atoms with van der Waals surface area (Å²) >= 11 is 24.5. The molecule has 0 spiro atoms. The predicted octanol–water partition coefficient (Wildman–Crippen LogP) is 7.40. The fraction of sp³-hybridized carbons (Fsp3) is 0.174. The van der Waals surface area contributed by atoms with Crippen LogP contribution < -0.4 is 14.9 Å². The topological polar surface area (TPSA) is 42.8 Å².